The summed E-state index contributed by atoms with van der Waals surface area (Å²) in [6, 6.07) is 1.19. The topological polar surface area (TPSA) is 28.2 Å². The molecule has 1 rings (SSSR count). The van der Waals surface area contributed by atoms with Crippen LogP contribution in [0.2, 0.25) is 0 Å². The van der Waals surface area contributed by atoms with E-state index in [4.69, 9.17) is 0 Å². The number of anilines is 1. The first-order valence-electron chi connectivity index (χ1n) is 5.46. The van der Waals surface area contributed by atoms with E-state index < -0.39 is 18.5 Å². The van der Waals surface area contributed by atoms with Crippen molar-refractivity contribution < 1.29 is 17.6 Å². The monoisotopic (exact) mass is 265 g/mol. The number of hydrogen-bond acceptors (Lipinski definition) is 3. The van der Waals surface area contributed by atoms with Crippen LogP contribution in [0.25, 0.3) is 0 Å². The van der Waals surface area contributed by atoms with E-state index in [0.717, 1.165) is 11.1 Å². The van der Waals surface area contributed by atoms with Crippen LogP contribution >= 0.6 is 0 Å². The molecule has 0 radical (unpaired) electrons. The Labute approximate surface area is 103 Å². The molecule has 0 aliphatic rings. The Bertz CT molecular complexity index is 392. The molecule has 0 saturated heterocycles. The molecule has 0 fully saturated rings. The third-order valence-electron chi connectivity index (χ3n) is 2.25. The van der Waals surface area contributed by atoms with Crippen molar-refractivity contribution in [1.82, 2.24) is 10.3 Å². The summed E-state index contributed by atoms with van der Waals surface area (Å²) < 4.78 is 49.9. The lowest BCUT2D eigenvalue weighted by Gasteiger charge is -2.22. The lowest BCUT2D eigenvalue weighted by Crippen LogP contribution is -2.32. The molecule has 1 aromatic rings. The van der Waals surface area contributed by atoms with Gasteiger partial charge in [0.05, 0.1) is 6.20 Å². The van der Waals surface area contributed by atoms with Crippen molar-refractivity contribution >= 4 is 5.82 Å². The molecule has 0 aliphatic heterocycles. The van der Waals surface area contributed by atoms with E-state index in [2.05, 4.69) is 10.3 Å². The van der Waals surface area contributed by atoms with Crippen molar-refractivity contribution in [2.24, 2.45) is 0 Å². The van der Waals surface area contributed by atoms with Gasteiger partial charge in [-0.3, -0.25) is 0 Å². The summed E-state index contributed by atoms with van der Waals surface area (Å²) in [7, 11) is 1.28. The molecule has 0 bridgehead atoms. The van der Waals surface area contributed by atoms with Crippen LogP contribution in [-0.2, 0) is 6.54 Å². The summed E-state index contributed by atoms with van der Waals surface area (Å²) in [5.41, 5.74) is 0.406. The second-order valence-electron chi connectivity index (χ2n) is 3.89. The lowest BCUT2D eigenvalue weighted by molar-refractivity contribution is -0.119. The molecular formula is C11H15F4N3. The molecule has 102 valence electrons. The number of aromatic nitrogens is 1. The molecule has 0 aromatic carbocycles. The second-order valence-corrected chi connectivity index (χ2v) is 3.89. The van der Waals surface area contributed by atoms with E-state index in [1.807, 2.05) is 6.92 Å². The first-order valence-corrected chi connectivity index (χ1v) is 5.46. The highest BCUT2D eigenvalue weighted by Gasteiger charge is 2.30. The van der Waals surface area contributed by atoms with Gasteiger partial charge < -0.3 is 10.2 Å². The molecule has 3 nitrogen and oxygen atoms in total. The van der Waals surface area contributed by atoms with Gasteiger partial charge in [0.1, 0.15) is 18.2 Å². The first kappa shape index (κ1) is 14.7. The molecule has 0 saturated carbocycles. The van der Waals surface area contributed by atoms with Gasteiger partial charge in [0.15, 0.2) is 0 Å². The Kier molecular flexibility index (Phi) is 4.89. The number of pyridine rings is 1. The first-order chi connectivity index (χ1) is 8.33. The molecule has 0 aliphatic carbocycles. The van der Waals surface area contributed by atoms with Crippen molar-refractivity contribution in [3.05, 3.63) is 23.6 Å². The summed E-state index contributed by atoms with van der Waals surface area (Å²) in [5.74, 6) is -0.429. The highest BCUT2D eigenvalue weighted by atomic mass is 19.4. The Morgan fingerprint density at radius 2 is 2.06 bits per heavy atom. The molecule has 0 amide bonds. The summed E-state index contributed by atoms with van der Waals surface area (Å²) in [5, 5.41) is 2.94. The molecule has 18 heavy (non-hydrogen) atoms. The predicted octanol–water partition coefficient (Wildman–Crippen LogP) is 2.33. The number of alkyl halides is 3. The number of hydrogen-bond donors (Lipinski definition) is 1. The summed E-state index contributed by atoms with van der Waals surface area (Å²) in [6.07, 6.45) is -3.40. The third-order valence-corrected chi connectivity index (χ3v) is 2.25. The van der Waals surface area contributed by atoms with E-state index in [9.17, 15) is 17.6 Å². The normalized spacial score (nSPS) is 11.7. The van der Waals surface area contributed by atoms with Crippen molar-refractivity contribution in [3.63, 3.8) is 0 Å². The fraction of sp³-hybridized carbons (Fsp3) is 0.545. The highest BCUT2D eigenvalue weighted by molar-refractivity contribution is 5.46. The molecule has 1 N–H and O–H groups in total. The van der Waals surface area contributed by atoms with Gasteiger partial charge >= 0.3 is 6.18 Å². The number of rotatable bonds is 5. The third kappa shape index (κ3) is 4.48. The molecule has 1 aromatic heterocycles. The van der Waals surface area contributed by atoms with Gasteiger partial charge in [-0.15, -0.1) is 0 Å². The Morgan fingerprint density at radius 1 is 1.39 bits per heavy atom. The molecule has 0 atom stereocenters. The molecule has 1 heterocycles. The van der Waals surface area contributed by atoms with Crippen LogP contribution in [0.15, 0.2) is 12.3 Å². The van der Waals surface area contributed by atoms with Gasteiger partial charge in [-0.25, -0.2) is 9.37 Å². The Balaban J connectivity index is 2.92. The Hall–Kier alpha value is -1.37. The van der Waals surface area contributed by atoms with E-state index in [1.54, 1.807) is 0 Å². The average molecular weight is 265 g/mol. The highest BCUT2D eigenvalue weighted by Crippen LogP contribution is 2.22. The maximum atomic E-state index is 13.0. The van der Waals surface area contributed by atoms with Crippen molar-refractivity contribution in [2.45, 2.75) is 19.6 Å². The van der Waals surface area contributed by atoms with E-state index in [0.29, 0.717) is 12.1 Å². The Morgan fingerprint density at radius 3 is 2.61 bits per heavy atom. The fourth-order valence-corrected chi connectivity index (χ4v) is 1.55. The zero-order valence-electron chi connectivity index (χ0n) is 10.2. The lowest BCUT2D eigenvalue weighted by atomic mass is 10.2. The van der Waals surface area contributed by atoms with Crippen molar-refractivity contribution in [1.29, 1.82) is 0 Å². The standard InChI is InChI=1S/C11H15F4N3/c1-3-16-5-8-4-9(12)6-17-10(8)18(2)7-11(13,14)15/h4,6,16H,3,5,7H2,1-2H3. The number of halogens is 4. The van der Waals surface area contributed by atoms with E-state index >= 15 is 0 Å². The van der Waals surface area contributed by atoms with Crippen LogP contribution in [0.3, 0.4) is 0 Å². The predicted molar refractivity (Wildman–Crippen MR) is 60.9 cm³/mol. The van der Waals surface area contributed by atoms with E-state index in [-0.39, 0.29) is 12.4 Å². The minimum Gasteiger partial charge on any atom is -0.350 e. The van der Waals surface area contributed by atoms with Crippen LogP contribution in [0.1, 0.15) is 12.5 Å². The van der Waals surface area contributed by atoms with Crippen LogP contribution in [0.4, 0.5) is 23.4 Å². The quantitative estimate of drug-likeness (QED) is 0.828. The van der Waals surface area contributed by atoms with Crippen molar-refractivity contribution in [2.75, 3.05) is 25.0 Å². The van der Waals surface area contributed by atoms with Gasteiger partial charge in [0, 0.05) is 19.2 Å². The van der Waals surface area contributed by atoms with Crippen LogP contribution < -0.4 is 10.2 Å². The second kappa shape index (κ2) is 5.99. The maximum absolute atomic E-state index is 13.0. The molecule has 0 spiro atoms. The van der Waals surface area contributed by atoms with Crippen LogP contribution in [0, 0.1) is 5.82 Å². The largest absolute Gasteiger partial charge is 0.405 e. The van der Waals surface area contributed by atoms with Crippen LogP contribution in [0.5, 0.6) is 0 Å². The smallest absolute Gasteiger partial charge is 0.350 e. The van der Waals surface area contributed by atoms with Gasteiger partial charge in [-0.1, -0.05) is 6.92 Å². The van der Waals surface area contributed by atoms with Gasteiger partial charge in [0.2, 0.25) is 0 Å². The minimum atomic E-state index is -4.32. The fourth-order valence-electron chi connectivity index (χ4n) is 1.55. The molecule has 0 unspecified atom stereocenters. The molecular weight excluding hydrogens is 250 g/mol. The average Bonchev–Trinajstić information content (AvgIpc) is 2.23. The number of nitrogens with one attached hydrogen (secondary N) is 1. The zero-order chi connectivity index (χ0) is 13.8. The summed E-state index contributed by atoms with van der Waals surface area (Å²) in [4.78, 5) is 4.69. The van der Waals surface area contributed by atoms with Crippen molar-refractivity contribution in [3.8, 4) is 0 Å². The molecule has 7 heteroatoms. The van der Waals surface area contributed by atoms with Crippen LogP contribution in [-0.4, -0.2) is 31.3 Å². The van der Waals surface area contributed by atoms with Gasteiger partial charge in [0.25, 0.3) is 0 Å². The van der Waals surface area contributed by atoms with E-state index in [1.165, 1.54) is 13.1 Å². The number of nitrogens with zero attached hydrogens (tertiary/aromatic N) is 2. The van der Waals surface area contributed by atoms with Gasteiger partial charge in [-0.2, -0.15) is 13.2 Å². The zero-order valence-corrected chi connectivity index (χ0v) is 10.2. The summed E-state index contributed by atoms with van der Waals surface area (Å²) >= 11 is 0. The summed E-state index contributed by atoms with van der Waals surface area (Å²) in [6.45, 7) is 1.65. The minimum absolute atomic E-state index is 0.134. The maximum Gasteiger partial charge on any atom is 0.405 e. The SMILES string of the molecule is CCNCc1cc(F)cnc1N(C)CC(F)(F)F. The van der Waals surface area contributed by atoms with Gasteiger partial charge in [-0.05, 0) is 12.6 Å².